The lowest BCUT2D eigenvalue weighted by molar-refractivity contribution is -0.0390. The first-order valence-corrected chi connectivity index (χ1v) is 5.82. The molecular weight excluding hydrogens is 224 g/mol. The van der Waals surface area contributed by atoms with Crippen LogP contribution in [0.3, 0.4) is 0 Å². The summed E-state index contributed by atoms with van der Waals surface area (Å²) in [5, 5.41) is 10.9. The van der Waals surface area contributed by atoms with E-state index in [2.05, 4.69) is 0 Å². The minimum atomic E-state index is -0.636. The third-order valence-electron chi connectivity index (χ3n) is 2.78. The predicted molar refractivity (Wildman–Crippen MR) is 66.8 cm³/mol. The molecule has 0 spiro atoms. The summed E-state index contributed by atoms with van der Waals surface area (Å²) in [7, 11) is 1.61. The number of halogens is 1. The van der Waals surface area contributed by atoms with Gasteiger partial charge < -0.3 is 9.84 Å². The largest absolute Gasteiger partial charge is 0.386 e. The van der Waals surface area contributed by atoms with Crippen molar-refractivity contribution in [1.82, 2.24) is 0 Å². The molecule has 2 nitrogen and oxygen atoms in total. The van der Waals surface area contributed by atoms with Crippen LogP contribution >= 0.6 is 11.6 Å². The second kappa shape index (κ2) is 5.67. The van der Waals surface area contributed by atoms with Crippen LogP contribution in [0.4, 0.5) is 0 Å². The molecule has 90 valence electrons. The summed E-state index contributed by atoms with van der Waals surface area (Å²) in [4.78, 5) is 0. The van der Waals surface area contributed by atoms with Crippen LogP contribution in [-0.2, 0) is 4.74 Å². The van der Waals surface area contributed by atoms with Gasteiger partial charge in [0.1, 0.15) is 6.10 Å². The highest BCUT2D eigenvalue weighted by Gasteiger charge is 2.23. The third-order valence-corrected chi connectivity index (χ3v) is 3.19. The van der Waals surface area contributed by atoms with Gasteiger partial charge in [-0.15, -0.1) is 0 Å². The Labute approximate surface area is 102 Å². The van der Waals surface area contributed by atoms with E-state index in [9.17, 15) is 5.11 Å². The SMILES string of the molecule is COC(C(C)C)C(O)c1ccc(C)c(Cl)c1. The lowest BCUT2D eigenvalue weighted by atomic mass is 9.95. The topological polar surface area (TPSA) is 29.5 Å². The Bertz CT molecular complexity index is 350. The van der Waals surface area contributed by atoms with Gasteiger partial charge in [0.15, 0.2) is 0 Å². The summed E-state index contributed by atoms with van der Waals surface area (Å²) in [5.74, 6) is 0.250. The lowest BCUT2D eigenvalue weighted by Crippen LogP contribution is -2.26. The van der Waals surface area contributed by atoms with E-state index in [4.69, 9.17) is 16.3 Å². The second-order valence-electron chi connectivity index (χ2n) is 4.40. The van der Waals surface area contributed by atoms with Gasteiger partial charge in [-0.1, -0.05) is 37.6 Å². The van der Waals surface area contributed by atoms with E-state index in [1.165, 1.54) is 0 Å². The number of aliphatic hydroxyl groups excluding tert-OH is 1. The van der Waals surface area contributed by atoms with Crippen molar-refractivity contribution in [3.05, 3.63) is 34.3 Å². The summed E-state index contributed by atoms with van der Waals surface area (Å²) in [6, 6.07) is 5.60. The van der Waals surface area contributed by atoms with Gasteiger partial charge in [0, 0.05) is 12.1 Å². The Hall–Kier alpha value is -0.570. The van der Waals surface area contributed by atoms with Crippen LogP contribution in [0.2, 0.25) is 5.02 Å². The highest BCUT2D eigenvalue weighted by Crippen LogP contribution is 2.27. The van der Waals surface area contributed by atoms with E-state index < -0.39 is 6.10 Å². The number of methoxy groups -OCH3 is 1. The first-order chi connectivity index (χ1) is 7.47. The first-order valence-electron chi connectivity index (χ1n) is 5.44. The maximum Gasteiger partial charge on any atom is 0.105 e. The van der Waals surface area contributed by atoms with E-state index in [0.29, 0.717) is 5.02 Å². The fourth-order valence-corrected chi connectivity index (χ4v) is 1.94. The van der Waals surface area contributed by atoms with Gasteiger partial charge in [0.2, 0.25) is 0 Å². The van der Waals surface area contributed by atoms with Crippen LogP contribution in [0.1, 0.15) is 31.1 Å². The minimum Gasteiger partial charge on any atom is -0.386 e. The number of aryl methyl sites for hydroxylation is 1. The lowest BCUT2D eigenvalue weighted by Gasteiger charge is -2.25. The van der Waals surface area contributed by atoms with E-state index in [1.54, 1.807) is 13.2 Å². The Kier molecular flexibility index (Phi) is 4.78. The number of rotatable bonds is 4. The molecule has 0 aliphatic heterocycles. The highest BCUT2D eigenvalue weighted by atomic mass is 35.5. The van der Waals surface area contributed by atoms with Crippen molar-refractivity contribution in [3.8, 4) is 0 Å². The van der Waals surface area contributed by atoms with Crippen LogP contribution in [0, 0.1) is 12.8 Å². The van der Waals surface area contributed by atoms with Crippen LogP contribution < -0.4 is 0 Å². The molecule has 0 bridgehead atoms. The smallest absolute Gasteiger partial charge is 0.105 e. The number of ether oxygens (including phenoxy) is 1. The zero-order valence-corrected chi connectivity index (χ0v) is 11.0. The van der Waals surface area contributed by atoms with Crippen molar-refractivity contribution < 1.29 is 9.84 Å². The summed E-state index contributed by atoms with van der Waals surface area (Å²) >= 11 is 6.03. The molecule has 0 aliphatic rings. The molecule has 16 heavy (non-hydrogen) atoms. The zero-order chi connectivity index (χ0) is 12.3. The fourth-order valence-electron chi connectivity index (χ4n) is 1.75. The van der Waals surface area contributed by atoms with Crippen molar-refractivity contribution in [2.24, 2.45) is 5.92 Å². The standard InChI is InChI=1S/C13H19ClO2/c1-8(2)13(16-4)12(15)10-6-5-9(3)11(14)7-10/h5-8,12-13,15H,1-4H3. The van der Waals surface area contributed by atoms with Crippen molar-refractivity contribution in [3.63, 3.8) is 0 Å². The highest BCUT2D eigenvalue weighted by molar-refractivity contribution is 6.31. The maximum atomic E-state index is 10.2. The second-order valence-corrected chi connectivity index (χ2v) is 4.80. The Morgan fingerprint density at radius 3 is 2.38 bits per heavy atom. The first kappa shape index (κ1) is 13.5. The summed E-state index contributed by atoms with van der Waals surface area (Å²) in [6.07, 6.45) is -0.845. The van der Waals surface area contributed by atoms with E-state index in [0.717, 1.165) is 11.1 Å². The quantitative estimate of drug-likeness (QED) is 0.878. The van der Waals surface area contributed by atoms with Crippen molar-refractivity contribution in [1.29, 1.82) is 0 Å². The molecule has 1 aromatic rings. The molecule has 2 atom stereocenters. The normalized spacial score (nSPS) is 15.2. The van der Waals surface area contributed by atoms with Gasteiger partial charge in [0.05, 0.1) is 6.10 Å². The number of hydrogen-bond donors (Lipinski definition) is 1. The number of benzene rings is 1. The summed E-state index contributed by atoms with van der Waals surface area (Å²) < 4.78 is 5.30. The third kappa shape index (κ3) is 2.97. The number of hydrogen-bond acceptors (Lipinski definition) is 2. The zero-order valence-electron chi connectivity index (χ0n) is 10.2. The van der Waals surface area contributed by atoms with Crippen LogP contribution in [-0.4, -0.2) is 18.3 Å². The Morgan fingerprint density at radius 1 is 1.31 bits per heavy atom. The van der Waals surface area contributed by atoms with E-state index in [-0.39, 0.29) is 12.0 Å². The van der Waals surface area contributed by atoms with Crippen LogP contribution in [0.25, 0.3) is 0 Å². The van der Waals surface area contributed by atoms with Gasteiger partial charge >= 0.3 is 0 Å². The molecule has 0 saturated carbocycles. The molecule has 0 aromatic heterocycles. The average Bonchev–Trinajstić information content (AvgIpc) is 2.22. The Morgan fingerprint density at radius 2 is 1.94 bits per heavy atom. The monoisotopic (exact) mass is 242 g/mol. The molecule has 0 heterocycles. The van der Waals surface area contributed by atoms with Crippen molar-refractivity contribution in [2.75, 3.05) is 7.11 Å². The molecule has 0 saturated heterocycles. The van der Waals surface area contributed by atoms with Crippen LogP contribution in [0.15, 0.2) is 18.2 Å². The summed E-state index contributed by atoms with van der Waals surface area (Å²) in [5.41, 5.74) is 1.81. The molecule has 0 aliphatic carbocycles. The van der Waals surface area contributed by atoms with Crippen molar-refractivity contribution >= 4 is 11.6 Å². The molecule has 0 radical (unpaired) electrons. The molecule has 1 aromatic carbocycles. The molecule has 1 rings (SSSR count). The predicted octanol–water partition coefficient (Wildman–Crippen LogP) is 3.35. The molecule has 0 amide bonds. The average molecular weight is 243 g/mol. The molecule has 3 heteroatoms. The molecular formula is C13H19ClO2. The Balaban J connectivity index is 2.94. The van der Waals surface area contributed by atoms with Gasteiger partial charge in [-0.2, -0.15) is 0 Å². The van der Waals surface area contributed by atoms with Gasteiger partial charge in [-0.25, -0.2) is 0 Å². The van der Waals surface area contributed by atoms with Crippen molar-refractivity contribution in [2.45, 2.75) is 33.0 Å². The summed E-state index contributed by atoms with van der Waals surface area (Å²) in [6.45, 7) is 5.98. The number of aliphatic hydroxyl groups is 1. The van der Waals surface area contributed by atoms with E-state index in [1.807, 2.05) is 32.9 Å². The molecule has 0 fully saturated rings. The minimum absolute atomic E-state index is 0.209. The maximum absolute atomic E-state index is 10.2. The fraction of sp³-hybridized carbons (Fsp3) is 0.538. The van der Waals surface area contributed by atoms with E-state index >= 15 is 0 Å². The molecule has 2 unspecified atom stereocenters. The van der Waals surface area contributed by atoms with Crippen LogP contribution in [0.5, 0.6) is 0 Å². The molecule has 1 N–H and O–H groups in total. The van der Waals surface area contributed by atoms with Gasteiger partial charge in [0.25, 0.3) is 0 Å². The van der Waals surface area contributed by atoms with Gasteiger partial charge in [-0.05, 0) is 30.0 Å². The van der Waals surface area contributed by atoms with Gasteiger partial charge in [-0.3, -0.25) is 0 Å².